The second kappa shape index (κ2) is 3.88. The number of aryl methyl sites for hydroxylation is 2. The quantitative estimate of drug-likeness (QED) is 0.708. The Morgan fingerprint density at radius 3 is 2.88 bits per heavy atom. The zero-order chi connectivity index (χ0) is 11.8. The van der Waals surface area contributed by atoms with Gasteiger partial charge in [0.1, 0.15) is 0 Å². The van der Waals surface area contributed by atoms with E-state index in [2.05, 4.69) is 54.9 Å². The summed E-state index contributed by atoms with van der Waals surface area (Å²) in [7, 11) is 0. The van der Waals surface area contributed by atoms with Gasteiger partial charge in [-0.1, -0.05) is 23.8 Å². The highest BCUT2D eigenvalue weighted by molar-refractivity contribution is 6.13. The molecule has 0 N–H and O–H groups in total. The molecular weight excluding hydrogens is 208 g/mol. The van der Waals surface area contributed by atoms with Crippen LogP contribution in [0.2, 0.25) is 0 Å². The van der Waals surface area contributed by atoms with Crippen LogP contribution in [0, 0.1) is 13.8 Å². The summed E-state index contributed by atoms with van der Waals surface area (Å²) in [6.07, 6.45) is 2.13. The van der Waals surface area contributed by atoms with E-state index in [1.54, 1.807) is 0 Å². The highest BCUT2D eigenvalue weighted by Gasteiger charge is 2.16. The molecular formula is C15H16N2. The molecule has 0 amide bonds. The fraction of sp³-hybridized carbons (Fsp3) is 0.267. The van der Waals surface area contributed by atoms with Gasteiger partial charge in [-0.2, -0.15) is 0 Å². The lowest BCUT2D eigenvalue weighted by Gasteiger charge is -2.18. The Morgan fingerprint density at radius 1 is 1.18 bits per heavy atom. The summed E-state index contributed by atoms with van der Waals surface area (Å²) in [5.41, 5.74) is 6.24. The lowest BCUT2D eigenvalue weighted by molar-refractivity contribution is 0.690. The minimum atomic E-state index is 0.879. The normalized spacial score (nSPS) is 14.4. The van der Waals surface area contributed by atoms with Gasteiger partial charge in [0, 0.05) is 18.3 Å². The number of hydrogen-bond donors (Lipinski definition) is 0. The Balaban J connectivity index is 2.14. The maximum absolute atomic E-state index is 4.70. The summed E-state index contributed by atoms with van der Waals surface area (Å²) in [5, 5.41) is 0. The van der Waals surface area contributed by atoms with E-state index in [1.807, 2.05) is 0 Å². The average Bonchev–Trinajstić information content (AvgIpc) is 2.77. The first-order chi connectivity index (χ1) is 8.25. The number of hydrogen-bond acceptors (Lipinski definition) is 1. The van der Waals surface area contributed by atoms with Crippen LogP contribution in [0.25, 0.3) is 0 Å². The third-order valence-electron chi connectivity index (χ3n) is 3.32. The van der Waals surface area contributed by atoms with Gasteiger partial charge in [-0.25, -0.2) is 0 Å². The van der Waals surface area contributed by atoms with E-state index in [9.17, 15) is 0 Å². The van der Waals surface area contributed by atoms with Gasteiger partial charge >= 0.3 is 0 Å². The first-order valence-corrected chi connectivity index (χ1v) is 6.03. The predicted molar refractivity (Wildman–Crippen MR) is 70.9 cm³/mol. The highest BCUT2D eigenvalue weighted by atomic mass is 15.0. The minimum Gasteiger partial charge on any atom is -0.344 e. The maximum atomic E-state index is 4.70. The van der Waals surface area contributed by atoms with E-state index in [0.717, 1.165) is 18.8 Å². The van der Waals surface area contributed by atoms with Crippen LogP contribution in [0.5, 0.6) is 0 Å². The van der Waals surface area contributed by atoms with Crippen LogP contribution in [-0.2, 0) is 6.54 Å². The van der Waals surface area contributed by atoms with Gasteiger partial charge in [-0.3, -0.25) is 4.99 Å². The van der Waals surface area contributed by atoms with E-state index in [4.69, 9.17) is 4.99 Å². The molecule has 0 atom stereocenters. The summed E-state index contributed by atoms with van der Waals surface area (Å²) < 4.78 is 2.28. The monoisotopic (exact) mass is 224 g/mol. The molecule has 3 rings (SSSR count). The molecule has 1 aliphatic heterocycles. The van der Waals surface area contributed by atoms with E-state index >= 15 is 0 Å². The van der Waals surface area contributed by atoms with Gasteiger partial charge in [-0.15, -0.1) is 0 Å². The molecule has 0 saturated carbocycles. The fourth-order valence-corrected chi connectivity index (χ4v) is 2.48. The summed E-state index contributed by atoms with van der Waals surface area (Å²) >= 11 is 0. The topological polar surface area (TPSA) is 17.3 Å². The number of aliphatic imine (C=N–C) groups is 1. The molecule has 0 bridgehead atoms. The molecule has 2 heterocycles. The molecule has 1 aromatic carbocycles. The SMILES string of the molecule is Cc1ccc(C2=NCCn3cccc32)c(C)c1. The smallest absolute Gasteiger partial charge is 0.0886 e. The van der Waals surface area contributed by atoms with Gasteiger partial charge in [-0.05, 0) is 31.5 Å². The van der Waals surface area contributed by atoms with Crippen molar-refractivity contribution >= 4 is 5.71 Å². The fourth-order valence-electron chi connectivity index (χ4n) is 2.48. The molecule has 1 aliphatic rings. The molecule has 0 spiro atoms. The number of rotatable bonds is 1. The molecule has 0 fully saturated rings. The Bertz CT molecular complexity index is 591. The molecule has 1 aromatic heterocycles. The van der Waals surface area contributed by atoms with Crippen molar-refractivity contribution in [1.82, 2.24) is 4.57 Å². The largest absolute Gasteiger partial charge is 0.344 e. The Kier molecular flexibility index (Phi) is 2.36. The van der Waals surface area contributed by atoms with Gasteiger partial charge in [0.15, 0.2) is 0 Å². The number of nitrogens with zero attached hydrogens (tertiary/aromatic N) is 2. The standard InChI is InChI=1S/C15H16N2/c1-11-5-6-13(12(2)10-11)15-14-4-3-8-17(14)9-7-16-15/h3-6,8,10H,7,9H2,1-2H3. The second-order valence-corrected chi connectivity index (χ2v) is 4.64. The van der Waals surface area contributed by atoms with E-state index in [1.165, 1.54) is 22.4 Å². The molecule has 0 radical (unpaired) electrons. The minimum absolute atomic E-state index is 0.879. The number of benzene rings is 1. The molecule has 2 aromatic rings. The second-order valence-electron chi connectivity index (χ2n) is 4.64. The van der Waals surface area contributed by atoms with E-state index in [0.29, 0.717) is 0 Å². The average molecular weight is 224 g/mol. The lowest BCUT2D eigenvalue weighted by Crippen LogP contribution is -2.19. The van der Waals surface area contributed by atoms with E-state index in [-0.39, 0.29) is 0 Å². The number of fused-ring (bicyclic) bond motifs is 1. The third kappa shape index (κ3) is 1.70. The van der Waals surface area contributed by atoms with Crippen molar-refractivity contribution in [1.29, 1.82) is 0 Å². The van der Waals surface area contributed by atoms with Crippen molar-refractivity contribution in [2.24, 2.45) is 4.99 Å². The molecule has 0 saturated heterocycles. The van der Waals surface area contributed by atoms with E-state index < -0.39 is 0 Å². The van der Waals surface area contributed by atoms with Crippen molar-refractivity contribution in [2.45, 2.75) is 20.4 Å². The van der Waals surface area contributed by atoms with Crippen LogP contribution in [-0.4, -0.2) is 16.8 Å². The third-order valence-corrected chi connectivity index (χ3v) is 3.32. The first kappa shape index (κ1) is 10.3. The lowest BCUT2D eigenvalue weighted by atomic mass is 9.99. The molecule has 17 heavy (non-hydrogen) atoms. The van der Waals surface area contributed by atoms with Crippen LogP contribution < -0.4 is 0 Å². The molecule has 0 aliphatic carbocycles. The summed E-state index contributed by atoms with van der Waals surface area (Å²) in [6, 6.07) is 10.8. The Labute approximate surface area is 102 Å². The van der Waals surface area contributed by atoms with Crippen molar-refractivity contribution in [3.63, 3.8) is 0 Å². The van der Waals surface area contributed by atoms with Crippen LogP contribution in [0.3, 0.4) is 0 Å². The molecule has 86 valence electrons. The first-order valence-electron chi connectivity index (χ1n) is 6.03. The van der Waals surface area contributed by atoms with Crippen LogP contribution in [0.4, 0.5) is 0 Å². The Hall–Kier alpha value is -1.83. The molecule has 2 heteroatoms. The summed E-state index contributed by atoms with van der Waals surface area (Å²) in [4.78, 5) is 4.70. The van der Waals surface area contributed by atoms with Crippen LogP contribution in [0.15, 0.2) is 41.5 Å². The van der Waals surface area contributed by atoms with Crippen LogP contribution in [0.1, 0.15) is 22.4 Å². The molecule has 0 unspecified atom stereocenters. The van der Waals surface area contributed by atoms with Gasteiger partial charge in [0.25, 0.3) is 0 Å². The van der Waals surface area contributed by atoms with Crippen molar-refractivity contribution in [3.8, 4) is 0 Å². The highest BCUT2D eigenvalue weighted by Crippen LogP contribution is 2.19. The summed E-state index contributed by atoms with van der Waals surface area (Å²) in [6.45, 7) is 6.16. The zero-order valence-electron chi connectivity index (χ0n) is 10.3. The summed E-state index contributed by atoms with van der Waals surface area (Å²) in [5.74, 6) is 0. The molecule has 2 nitrogen and oxygen atoms in total. The van der Waals surface area contributed by atoms with Crippen molar-refractivity contribution < 1.29 is 0 Å². The van der Waals surface area contributed by atoms with Gasteiger partial charge < -0.3 is 4.57 Å². The van der Waals surface area contributed by atoms with Gasteiger partial charge in [0.2, 0.25) is 0 Å². The maximum Gasteiger partial charge on any atom is 0.0886 e. The van der Waals surface area contributed by atoms with Crippen LogP contribution >= 0.6 is 0 Å². The predicted octanol–water partition coefficient (Wildman–Crippen LogP) is 2.96. The Morgan fingerprint density at radius 2 is 2.06 bits per heavy atom. The zero-order valence-corrected chi connectivity index (χ0v) is 10.3. The van der Waals surface area contributed by atoms with Crippen molar-refractivity contribution in [2.75, 3.05) is 6.54 Å². The van der Waals surface area contributed by atoms with Gasteiger partial charge in [0.05, 0.1) is 18.0 Å². The van der Waals surface area contributed by atoms with Crippen molar-refractivity contribution in [3.05, 3.63) is 58.9 Å². The number of aromatic nitrogens is 1.